The zero-order chi connectivity index (χ0) is 20.1. The van der Waals surface area contributed by atoms with Gasteiger partial charge in [-0.2, -0.15) is 4.31 Å². The molecule has 0 aliphatic heterocycles. The Morgan fingerprint density at radius 1 is 0.692 bits per heavy atom. The Hall–Kier alpha value is 0.1000. The predicted octanol–water partition coefficient (Wildman–Crippen LogP) is 1.33. The van der Waals surface area contributed by atoms with Gasteiger partial charge in [-0.3, -0.25) is 4.52 Å². The first-order chi connectivity index (χ1) is 11.9. The van der Waals surface area contributed by atoms with Crippen LogP contribution in [-0.4, -0.2) is 74.1 Å². The highest BCUT2D eigenvalue weighted by atomic mass is 31.3. The fraction of sp³-hybridized carbons (Fsp3) is 1.00. The lowest BCUT2D eigenvalue weighted by Gasteiger charge is -2.17. The van der Waals surface area contributed by atoms with Crippen molar-refractivity contribution >= 4 is 15.6 Å². The molecule has 0 rings (SSSR count). The van der Waals surface area contributed by atoms with Crippen LogP contribution in [0.3, 0.4) is 0 Å². The quantitative estimate of drug-likeness (QED) is 0.243. The van der Waals surface area contributed by atoms with Gasteiger partial charge in [0.15, 0.2) is 0 Å². The minimum Gasteiger partial charge on any atom is -0.379 e. The summed E-state index contributed by atoms with van der Waals surface area (Å²) in [6.07, 6.45) is 0. The molecule has 1 atom stereocenters. The van der Waals surface area contributed by atoms with E-state index in [0.29, 0.717) is 39.6 Å². The summed E-state index contributed by atoms with van der Waals surface area (Å²) in [5, 5.41) is 0. The van der Waals surface area contributed by atoms with Crippen molar-refractivity contribution in [1.82, 2.24) is 0 Å². The second kappa shape index (κ2) is 13.3. The fourth-order valence-corrected chi connectivity index (χ4v) is 2.98. The van der Waals surface area contributed by atoms with Crippen LogP contribution in [0.5, 0.6) is 0 Å². The second-order valence-electron chi connectivity index (χ2n) is 6.32. The summed E-state index contributed by atoms with van der Waals surface area (Å²) in [7, 11) is -9.91. The van der Waals surface area contributed by atoms with E-state index in [1.165, 1.54) is 0 Å². The molecule has 0 spiro atoms. The molecular formula is C13H30O11P2. The van der Waals surface area contributed by atoms with Crippen molar-refractivity contribution in [1.29, 1.82) is 0 Å². The summed E-state index contributed by atoms with van der Waals surface area (Å²) >= 11 is 0. The Morgan fingerprint density at radius 2 is 1.08 bits per heavy atom. The van der Waals surface area contributed by atoms with Crippen LogP contribution in [0, 0.1) is 5.41 Å². The van der Waals surface area contributed by atoms with Crippen molar-refractivity contribution in [2.24, 2.45) is 5.41 Å². The maximum absolute atomic E-state index is 11.1. The molecule has 0 amide bonds. The molecule has 0 aromatic rings. The molecule has 13 heteroatoms. The van der Waals surface area contributed by atoms with E-state index in [9.17, 15) is 9.13 Å². The lowest BCUT2D eigenvalue weighted by molar-refractivity contribution is -0.0132. The predicted molar refractivity (Wildman–Crippen MR) is 91.6 cm³/mol. The van der Waals surface area contributed by atoms with E-state index in [0.717, 1.165) is 0 Å². The second-order valence-corrected chi connectivity index (χ2v) is 9.15. The van der Waals surface area contributed by atoms with Crippen molar-refractivity contribution in [3.63, 3.8) is 0 Å². The van der Waals surface area contributed by atoms with Crippen LogP contribution in [0.15, 0.2) is 0 Å². The molecule has 26 heavy (non-hydrogen) atoms. The Bertz CT molecular complexity index is 446. The Labute approximate surface area is 153 Å². The van der Waals surface area contributed by atoms with Crippen molar-refractivity contribution < 1.29 is 51.6 Å². The average molecular weight is 424 g/mol. The van der Waals surface area contributed by atoms with Crippen molar-refractivity contribution in [2.75, 3.05) is 59.5 Å². The topological polar surface area (TPSA) is 150 Å². The van der Waals surface area contributed by atoms with Crippen molar-refractivity contribution in [3.05, 3.63) is 0 Å². The molecule has 0 saturated heterocycles. The molecule has 1 unspecified atom stereocenters. The van der Waals surface area contributed by atoms with Crippen LogP contribution >= 0.6 is 15.6 Å². The highest BCUT2D eigenvalue weighted by molar-refractivity contribution is 7.60. The normalized spacial score (nSPS) is 15.2. The van der Waals surface area contributed by atoms with Crippen LogP contribution in [0.1, 0.15) is 20.8 Å². The Kier molecular flexibility index (Phi) is 13.4. The van der Waals surface area contributed by atoms with Gasteiger partial charge in [0, 0.05) is 0 Å². The van der Waals surface area contributed by atoms with Gasteiger partial charge in [-0.25, -0.2) is 9.13 Å². The highest BCUT2D eigenvalue weighted by Crippen LogP contribution is 2.57. The highest BCUT2D eigenvalue weighted by Gasteiger charge is 2.32. The molecule has 0 heterocycles. The van der Waals surface area contributed by atoms with E-state index in [4.69, 9.17) is 33.6 Å². The minimum atomic E-state index is -5.10. The fourth-order valence-electron chi connectivity index (χ4n) is 1.41. The molecule has 0 aromatic heterocycles. The Morgan fingerprint density at radius 3 is 1.46 bits per heavy atom. The summed E-state index contributed by atoms with van der Waals surface area (Å²) in [5.41, 5.74) is 0.134. The maximum Gasteiger partial charge on any atom is 0.481 e. The third kappa shape index (κ3) is 20.4. The molecule has 3 N–H and O–H groups in total. The molecule has 0 bridgehead atoms. The third-order valence-electron chi connectivity index (χ3n) is 2.34. The average Bonchev–Trinajstić information content (AvgIpc) is 2.43. The van der Waals surface area contributed by atoms with E-state index in [1.807, 2.05) is 0 Å². The van der Waals surface area contributed by atoms with E-state index in [-0.39, 0.29) is 25.2 Å². The monoisotopic (exact) mass is 424 g/mol. The first-order valence-electron chi connectivity index (χ1n) is 7.96. The van der Waals surface area contributed by atoms with Crippen molar-refractivity contribution in [3.8, 4) is 0 Å². The number of rotatable bonds is 16. The summed E-state index contributed by atoms with van der Waals surface area (Å²) in [5.74, 6) is 0. The lowest BCUT2D eigenvalue weighted by Crippen LogP contribution is -2.17. The van der Waals surface area contributed by atoms with Crippen LogP contribution < -0.4 is 0 Å². The van der Waals surface area contributed by atoms with Crippen LogP contribution in [0.25, 0.3) is 0 Å². The molecule has 0 aliphatic carbocycles. The smallest absolute Gasteiger partial charge is 0.379 e. The van der Waals surface area contributed by atoms with Gasteiger partial charge in [-0.15, -0.1) is 0 Å². The number of phosphoric ester groups is 1. The number of phosphoric acid groups is 2. The van der Waals surface area contributed by atoms with Crippen molar-refractivity contribution in [2.45, 2.75) is 20.8 Å². The number of hydrogen-bond acceptors (Lipinski definition) is 8. The van der Waals surface area contributed by atoms with Gasteiger partial charge in [-0.05, 0) is 5.41 Å². The van der Waals surface area contributed by atoms with Gasteiger partial charge in [0.1, 0.15) is 0 Å². The molecule has 0 aromatic carbocycles. The zero-order valence-corrected chi connectivity index (χ0v) is 17.2. The van der Waals surface area contributed by atoms with Gasteiger partial charge in [-0.1, -0.05) is 20.8 Å². The van der Waals surface area contributed by atoms with Gasteiger partial charge in [0.05, 0.1) is 59.5 Å². The van der Waals surface area contributed by atoms with Gasteiger partial charge >= 0.3 is 15.6 Å². The van der Waals surface area contributed by atoms with E-state index >= 15 is 0 Å². The molecular weight excluding hydrogens is 394 g/mol. The van der Waals surface area contributed by atoms with Crippen LogP contribution in [-0.2, 0) is 36.9 Å². The van der Waals surface area contributed by atoms with Gasteiger partial charge in [0.2, 0.25) is 0 Å². The number of hydrogen-bond donors (Lipinski definition) is 3. The summed E-state index contributed by atoms with van der Waals surface area (Å²) in [6, 6.07) is 0. The maximum atomic E-state index is 11.1. The van der Waals surface area contributed by atoms with E-state index in [2.05, 4.69) is 29.6 Å². The molecule has 0 aliphatic rings. The molecule has 0 saturated carbocycles. The van der Waals surface area contributed by atoms with Crippen LogP contribution in [0.4, 0.5) is 0 Å². The summed E-state index contributed by atoms with van der Waals surface area (Å²) in [4.78, 5) is 25.8. The zero-order valence-electron chi connectivity index (χ0n) is 15.4. The molecule has 0 radical (unpaired) electrons. The first kappa shape index (κ1) is 26.1. The van der Waals surface area contributed by atoms with E-state index in [1.54, 1.807) is 0 Å². The third-order valence-corrected chi connectivity index (χ3v) is 4.53. The van der Waals surface area contributed by atoms with Crippen LogP contribution in [0.2, 0.25) is 0 Å². The molecule has 158 valence electrons. The largest absolute Gasteiger partial charge is 0.481 e. The number of ether oxygens (including phenoxy) is 4. The van der Waals surface area contributed by atoms with E-state index < -0.39 is 15.6 Å². The lowest BCUT2D eigenvalue weighted by atomic mass is 9.99. The molecule has 11 nitrogen and oxygen atoms in total. The van der Waals surface area contributed by atoms with Gasteiger partial charge in [0.25, 0.3) is 0 Å². The van der Waals surface area contributed by atoms with Gasteiger partial charge < -0.3 is 33.6 Å². The Balaban J connectivity index is 3.34. The first-order valence-corrected chi connectivity index (χ1v) is 11.0. The molecule has 0 fully saturated rings. The minimum absolute atomic E-state index is 0.0694. The summed E-state index contributed by atoms with van der Waals surface area (Å²) < 4.78 is 50.5. The SMILES string of the molecule is CC(C)(C)COCCOCCOCCOCCOP(=O)(O)OP(=O)(O)O. The standard InChI is InChI=1S/C13H30O11P2/c1-13(2,3)12-22-9-8-20-5-4-19-6-7-21-10-11-23-26(17,18)24-25(14,15)16/h4-12H2,1-3H3,(H,17,18)(H2,14,15,16). The summed E-state index contributed by atoms with van der Waals surface area (Å²) in [6.45, 7) is 8.85.